The molecule has 0 saturated heterocycles. The summed E-state index contributed by atoms with van der Waals surface area (Å²) >= 11 is 0. The minimum atomic E-state index is -0.521. The predicted molar refractivity (Wildman–Crippen MR) is 52.2 cm³/mol. The van der Waals surface area contributed by atoms with E-state index in [9.17, 15) is 4.79 Å². The van der Waals surface area contributed by atoms with Gasteiger partial charge in [0.2, 0.25) is 0 Å². The Hall–Kier alpha value is -1.84. The number of carbonyl (C=O) groups excluding carboxylic acids is 1. The Morgan fingerprint density at radius 2 is 2.14 bits per heavy atom. The molecule has 1 aromatic carbocycles. The largest absolute Gasteiger partial charge is 0.482 e. The lowest BCUT2D eigenvalue weighted by molar-refractivity contribution is -0.145. The minimum absolute atomic E-state index is 0.138. The van der Waals surface area contributed by atoms with Crippen LogP contribution in [0.5, 0.6) is 5.75 Å². The van der Waals surface area contributed by atoms with Gasteiger partial charge in [-0.25, -0.2) is 4.79 Å². The van der Waals surface area contributed by atoms with Crippen LogP contribution in [0.4, 0.5) is 0 Å². The van der Waals surface area contributed by atoms with Gasteiger partial charge in [-0.15, -0.1) is 0 Å². The molecule has 0 amide bonds. The number of hydrogen-bond donors (Lipinski definition) is 0. The Morgan fingerprint density at radius 1 is 1.43 bits per heavy atom. The Labute approximate surface area is 82.1 Å². The third-order valence-corrected chi connectivity index (χ3v) is 1.36. The summed E-state index contributed by atoms with van der Waals surface area (Å²) < 4.78 is 5.12. The summed E-state index contributed by atoms with van der Waals surface area (Å²) in [6.45, 7) is 1.52. The molecule has 0 aliphatic carbocycles. The fourth-order valence-electron chi connectivity index (χ4n) is 0.797. The van der Waals surface area contributed by atoms with Gasteiger partial charge in [0.15, 0.2) is 6.61 Å². The maximum Gasteiger partial charge on any atom is 0.371 e. The fraction of sp³-hybridized carbons (Fsp3) is 0.200. The molecule has 0 fully saturated rings. The number of oxime groups is 1. The van der Waals surface area contributed by atoms with Crippen LogP contribution < -0.4 is 4.74 Å². The van der Waals surface area contributed by atoms with Crippen molar-refractivity contribution in [3.63, 3.8) is 0 Å². The second-order valence-electron chi connectivity index (χ2n) is 2.43. The van der Waals surface area contributed by atoms with Crippen molar-refractivity contribution in [2.45, 2.75) is 6.92 Å². The van der Waals surface area contributed by atoms with E-state index in [2.05, 4.69) is 9.99 Å². The quantitative estimate of drug-likeness (QED) is 0.414. The average molecular weight is 193 g/mol. The van der Waals surface area contributed by atoms with Gasteiger partial charge < -0.3 is 9.57 Å². The Bertz CT molecular complexity index is 308. The fourth-order valence-corrected chi connectivity index (χ4v) is 0.797. The van der Waals surface area contributed by atoms with E-state index in [1.54, 1.807) is 19.1 Å². The highest BCUT2D eigenvalue weighted by molar-refractivity contribution is 5.71. The maximum absolute atomic E-state index is 10.9. The third kappa shape index (κ3) is 3.71. The molecule has 0 aromatic heterocycles. The van der Waals surface area contributed by atoms with Gasteiger partial charge in [-0.2, -0.15) is 0 Å². The molecule has 74 valence electrons. The number of carbonyl (C=O) groups is 1. The number of hydrogen-bond acceptors (Lipinski definition) is 4. The van der Waals surface area contributed by atoms with E-state index >= 15 is 0 Å². The van der Waals surface area contributed by atoms with Gasteiger partial charge in [-0.1, -0.05) is 23.4 Å². The molecule has 4 nitrogen and oxygen atoms in total. The first-order valence-electron chi connectivity index (χ1n) is 4.18. The molecule has 0 heterocycles. The second-order valence-corrected chi connectivity index (χ2v) is 2.43. The summed E-state index contributed by atoms with van der Waals surface area (Å²) in [6.07, 6.45) is 1.39. The Balaban J connectivity index is 2.31. The van der Waals surface area contributed by atoms with Crippen LogP contribution in [0.1, 0.15) is 6.92 Å². The van der Waals surface area contributed by atoms with E-state index in [0.717, 1.165) is 0 Å². The summed E-state index contributed by atoms with van der Waals surface area (Å²) in [5.74, 6) is 0.108. The molecule has 0 saturated carbocycles. The molecule has 14 heavy (non-hydrogen) atoms. The van der Waals surface area contributed by atoms with Gasteiger partial charge >= 0.3 is 5.97 Å². The molecule has 0 unspecified atom stereocenters. The van der Waals surface area contributed by atoms with E-state index in [-0.39, 0.29) is 6.61 Å². The molecule has 4 heteroatoms. The van der Waals surface area contributed by atoms with Crippen LogP contribution in [-0.2, 0) is 9.63 Å². The zero-order valence-electron chi connectivity index (χ0n) is 7.84. The number of benzene rings is 1. The van der Waals surface area contributed by atoms with Crippen LogP contribution >= 0.6 is 0 Å². The highest BCUT2D eigenvalue weighted by atomic mass is 16.7. The molecular formula is C10H11NO3. The third-order valence-electron chi connectivity index (χ3n) is 1.36. The zero-order chi connectivity index (χ0) is 10.2. The smallest absolute Gasteiger partial charge is 0.371 e. The molecule has 0 atom stereocenters. The van der Waals surface area contributed by atoms with E-state index in [1.165, 1.54) is 6.21 Å². The normalized spacial score (nSPS) is 10.1. The predicted octanol–water partition coefficient (Wildman–Crippen LogP) is 1.61. The molecule has 0 N–H and O–H groups in total. The first-order chi connectivity index (χ1) is 6.83. The molecule has 0 aliphatic rings. The first kappa shape index (κ1) is 10.2. The second kappa shape index (κ2) is 5.75. The molecule has 0 aliphatic heterocycles. The maximum atomic E-state index is 10.9. The number of nitrogens with zero attached hydrogens (tertiary/aromatic N) is 1. The summed E-state index contributed by atoms with van der Waals surface area (Å²) in [4.78, 5) is 15.3. The van der Waals surface area contributed by atoms with Crippen molar-refractivity contribution in [3.8, 4) is 5.75 Å². The van der Waals surface area contributed by atoms with Crippen LogP contribution in [0.15, 0.2) is 35.5 Å². The van der Waals surface area contributed by atoms with Crippen molar-refractivity contribution in [2.24, 2.45) is 5.16 Å². The van der Waals surface area contributed by atoms with Gasteiger partial charge in [0.25, 0.3) is 0 Å². The van der Waals surface area contributed by atoms with Crippen LogP contribution in [0.3, 0.4) is 0 Å². The topological polar surface area (TPSA) is 47.9 Å². The molecular weight excluding hydrogens is 182 g/mol. The van der Waals surface area contributed by atoms with Crippen molar-refractivity contribution in [2.75, 3.05) is 6.61 Å². The molecule has 1 rings (SSSR count). The van der Waals surface area contributed by atoms with E-state index < -0.39 is 5.97 Å². The number of rotatable bonds is 4. The molecule has 1 aromatic rings. The summed E-state index contributed by atoms with van der Waals surface area (Å²) in [5.41, 5.74) is 0. The van der Waals surface area contributed by atoms with Gasteiger partial charge in [0, 0.05) is 6.21 Å². The SMILES string of the molecule is C/C=N/OC(=O)COc1ccccc1. The van der Waals surface area contributed by atoms with E-state index in [4.69, 9.17) is 4.74 Å². The highest BCUT2D eigenvalue weighted by Crippen LogP contribution is 2.07. The number of ether oxygens (including phenoxy) is 1. The lowest BCUT2D eigenvalue weighted by Gasteiger charge is -2.02. The van der Waals surface area contributed by atoms with Crippen molar-refractivity contribution in [3.05, 3.63) is 30.3 Å². The molecule has 0 bridgehead atoms. The van der Waals surface area contributed by atoms with Crippen LogP contribution in [0.25, 0.3) is 0 Å². The number of para-hydroxylation sites is 1. The van der Waals surface area contributed by atoms with Gasteiger partial charge in [-0.05, 0) is 19.1 Å². The standard InChI is InChI=1S/C10H11NO3/c1-2-11-14-10(12)8-13-9-6-4-3-5-7-9/h2-7H,8H2,1H3/b11-2+. The van der Waals surface area contributed by atoms with E-state index in [0.29, 0.717) is 5.75 Å². The lowest BCUT2D eigenvalue weighted by Crippen LogP contribution is -2.12. The monoisotopic (exact) mass is 193 g/mol. The Morgan fingerprint density at radius 3 is 2.79 bits per heavy atom. The molecule has 0 radical (unpaired) electrons. The first-order valence-corrected chi connectivity index (χ1v) is 4.18. The van der Waals surface area contributed by atoms with Crippen LogP contribution in [-0.4, -0.2) is 18.8 Å². The van der Waals surface area contributed by atoms with Gasteiger partial charge in [0.05, 0.1) is 0 Å². The van der Waals surface area contributed by atoms with Gasteiger partial charge in [-0.3, -0.25) is 0 Å². The molecule has 0 spiro atoms. The zero-order valence-corrected chi connectivity index (χ0v) is 7.84. The van der Waals surface area contributed by atoms with Crippen molar-refractivity contribution in [1.82, 2.24) is 0 Å². The minimum Gasteiger partial charge on any atom is -0.482 e. The van der Waals surface area contributed by atoms with Crippen LogP contribution in [0, 0.1) is 0 Å². The Kier molecular flexibility index (Phi) is 4.20. The van der Waals surface area contributed by atoms with Crippen LogP contribution in [0.2, 0.25) is 0 Å². The summed E-state index contributed by atoms with van der Waals surface area (Å²) in [7, 11) is 0. The van der Waals surface area contributed by atoms with Crippen molar-refractivity contribution >= 4 is 12.2 Å². The summed E-state index contributed by atoms with van der Waals surface area (Å²) in [6, 6.07) is 9.04. The van der Waals surface area contributed by atoms with Gasteiger partial charge in [0.1, 0.15) is 5.75 Å². The highest BCUT2D eigenvalue weighted by Gasteiger charge is 2.02. The van der Waals surface area contributed by atoms with Crippen molar-refractivity contribution in [1.29, 1.82) is 0 Å². The average Bonchev–Trinajstić information content (AvgIpc) is 2.25. The van der Waals surface area contributed by atoms with E-state index in [1.807, 2.05) is 18.2 Å². The van der Waals surface area contributed by atoms with Crippen molar-refractivity contribution < 1.29 is 14.4 Å². The lowest BCUT2D eigenvalue weighted by atomic mass is 10.3. The summed E-state index contributed by atoms with van der Waals surface area (Å²) in [5, 5.41) is 3.33.